The summed E-state index contributed by atoms with van der Waals surface area (Å²) >= 11 is 0. The number of rotatable bonds is 5. The summed E-state index contributed by atoms with van der Waals surface area (Å²) in [7, 11) is 0. The Balaban J connectivity index is 1.52. The number of ether oxygens (including phenoxy) is 1. The van der Waals surface area contributed by atoms with Gasteiger partial charge in [0.2, 0.25) is 5.82 Å². The van der Waals surface area contributed by atoms with Gasteiger partial charge in [-0.05, 0) is 25.5 Å². The van der Waals surface area contributed by atoms with Gasteiger partial charge in [-0.2, -0.15) is 5.10 Å². The van der Waals surface area contributed by atoms with Crippen LogP contribution in [0.3, 0.4) is 0 Å². The highest BCUT2D eigenvalue weighted by molar-refractivity contribution is 5.90. The smallest absolute Gasteiger partial charge is 0.292 e. The van der Waals surface area contributed by atoms with Gasteiger partial charge in [-0.1, -0.05) is 29.8 Å². The van der Waals surface area contributed by atoms with Crippen LogP contribution in [0.1, 0.15) is 45.9 Å². The lowest BCUT2D eigenvalue weighted by Gasteiger charge is -2.21. The van der Waals surface area contributed by atoms with Crippen molar-refractivity contribution in [3.05, 3.63) is 71.3 Å². The lowest BCUT2D eigenvalue weighted by atomic mass is 10.1. The van der Waals surface area contributed by atoms with Crippen molar-refractivity contribution in [1.29, 1.82) is 0 Å². The predicted molar refractivity (Wildman–Crippen MR) is 101 cm³/mol. The molecule has 4 rings (SSSR count). The second-order valence-corrected chi connectivity index (χ2v) is 6.98. The molecule has 1 aromatic carbocycles. The van der Waals surface area contributed by atoms with E-state index in [-0.39, 0.29) is 23.9 Å². The van der Waals surface area contributed by atoms with E-state index in [0.29, 0.717) is 31.2 Å². The standard InChI is InChI=1S/C20H22N6O2/c1-13-5-3-6-15(9-13)12-28-16-10-17(18-23-14(2)24-25-18)26(11-16)20(27)19-21-7-4-8-22-19/h3-9,16-17H,10-12H2,1-2H3,(H,23,24,25)/t16-,17-/m0/s1. The van der Waals surface area contributed by atoms with Gasteiger partial charge in [0, 0.05) is 25.4 Å². The maximum atomic E-state index is 13.0. The predicted octanol–water partition coefficient (Wildman–Crippen LogP) is 2.38. The zero-order valence-electron chi connectivity index (χ0n) is 15.9. The summed E-state index contributed by atoms with van der Waals surface area (Å²) in [5, 5.41) is 7.11. The highest BCUT2D eigenvalue weighted by atomic mass is 16.5. The maximum Gasteiger partial charge on any atom is 0.292 e. The van der Waals surface area contributed by atoms with E-state index < -0.39 is 0 Å². The molecule has 0 bridgehead atoms. The number of H-pyrrole nitrogens is 1. The van der Waals surface area contributed by atoms with Gasteiger partial charge in [-0.25, -0.2) is 15.0 Å². The third-order valence-corrected chi connectivity index (χ3v) is 4.76. The Bertz CT molecular complexity index is 958. The molecule has 3 heterocycles. The molecule has 0 spiro atoms. The van der Waals surface area contributed by atoms with E-state index in [2.05, 4.69) is 44.2 Å². The summed E-state index contributed by atoms with van der Waals surface area (Å²) in [5.74, 6) is 1.22. The zero-order chi connectivity index (χ0) is 19.5. The molecule has 8 nitrogen and oxygen atoms in total. The molecule has 3 aromatic rings. The number of benzene rings is 1. The number of nitrogens with zero attached hydrogens (tertiary/aromatic N) is 5. The van der Waals surface area contributed by atoms with Crippen LogP contribution < -0.4 is 0 Å². The van der Waals surface area contributed by atoms with Crippen molar-refractivity contribution in [3.8, 4) is 0 Å². The Morgan fingerprint density at radius 3 is 2.79 bits per heavy atom. The van der Waals surface area contributed by atoms with Crippen LogP contribution >= 0.6 is 0 Å². The Morgan fingerprint density at radius 1 is 1.25 bits per heavy atom. The quantitative estimate of drug-likeness (QED) is 0.732. The average Bonchev–Trinajstić information content (AvgIpc) is 3.33. The second kappa shape index (κ2) is 7.85. The van der Waals surface area contributed by atoms with Crippen LogP contribution in [0.5, 0.6) is 0 Å². The minimum absolute atomic E-state index is 0.114. The number of likely N-dealkylation sites (tertiary alicyclic amines) is 1. The summed E-state index contributed by atoms with van der Waals surface area (Å²) < 4.78 is 6.12. The SMILES string of the molecule is Cc1cccc(CO[C@H]2C[C@@H](c3n[nH]c(C)n3)N(C(=O)c3ncccn3)C2)c1. The van der Waals surface area contributed by atoms with Crippen molar-refractivity contribution >= 4 is 5.91 Å². The van der Waals surface area contributed by atoms with E-state index >= 15 is 0 Å². The number of nitrogens with one attached hydrogen (secondary N) is 1. The molecule has 1 saturated heterocycles. The number of carbonyl (C=O) groups excluding carboxylic acids is 1. The molecule has 144 valence electrons. The van der Waals surface area contributed by atoms with Gasteiger partial charge in [0.25, 0.3) is 5.91 Å². The molecule has 1 amide bonds. The molecule has 0 unspecified atom stereocenters. The van der Waals surface area contributed by atoms with Crippen molar-refractivity contribution in [2.24, 2.45) is 0 Å². The molecule has 2 atom stereocenters. The highest BCUT2D eigenvalue weighted by Gasteiger charge is 2.40. The minimum atomic E-state index is -0.274. The van der Waals surface area contributed by atoms with E-state index in [1.165, 1.54) is 5.56 Å². The van der Waals surface area contributed by atoms with Crippen LogP contribution in [0, 0.1) is 13.8 Å². The van der Waals surface area contributed by atoms with Crippen LogP contribution in [-0.4, -0.2) is 48.6 Å². The van der Waals surface area contributed by atoms with Crippen LogP contribution in [0.15, 0.2) is 42.7 Å². The molecular weight excluding hydrogens is 356 g/mol. The van der Waals surface area contributed by atoms with Crippen molar-refractivity contribution < 1.29 is 9.53 Å². The number of aryl methyl sites for hydroxylation is 2. The largest absolute Gasteiger partial charge is 0.372 e. The first-order chi connectivity index (χ1) is 13.6. The molecule has 1 aliphatic heterocycles. The Hall–Kier alpha value is -3.13. The van der Waals surface area contributed by atoms with Gasteiger partial charge in [0.05, 0.1) is 18.8 Å². The van der Waals surface area contributed by atoms with Crippen molar-refractivity contribution in [2.45, 2.75) is 39.0 Å². The van der Waals surface area contributed by atoms with Gasteiger partial charge in [-0.3, -0.25) is 9.89 Å². The molecule has 0 saturated carbocycles. The minimum Gasteiger partial charge on any atom is -0.372 e. The third-order valence-electron chi connectivity index (χ3n) is 4.76. The number of aromatic nitrogens is 5. The molecule has 28 heavy (non-hydrogen) atoms. The lowest BCUT2D eigenvalue weighted by Crippen LogP contribution is -2.33. The first-order valence-electron chi connectivity index (χ1n) is 9.24. The van der Waals surface area contributed by atoms with Gasteiger partial charge >= 0.3 is 0 Å². The average molecular weight is 378 g/mol. The molecule has 1 N–H and O–H groups in total. The van der Waals surface area contributed by atoms with Crippen molar-refractivity contribution in [3.63, 3.8) is 0 Å². The molecule has 2 aromatic heterocycles. The summed E-state index contributed by atoms with van der Waals surface area (Å²) in [6.07, 6.45) is 3.64. The van der Waals surface area contributed by atoms with Crippen LogP contribution in [0.2, 0.25) is 0 Å². The van der Waals surface area contributed by atoms with E-state index in [1.54, 1.807) is 23.4 Å². The molecule has 0 aliphatic carbocycles. The maximum absolute atomic E-state index is 13.0. The van der Waals surface area contributed by atoms with E-state index in [0.717, 1.165) is 5.56 Å². The fourth-order valence-electron chi connectivity index (χ4n) is 3.45. The summed E-state index contributed by atoms with van der Waals surface area (Å²) in [6, 6.07) is 9.63. The van der Waals surface area contributed by atoms with Gasteiger partial charge < -0.3 is 9.64 Å². The van der Waals surface area contributed by atoms with E-state index in [1.807, 2.05) is 19.1 Å². The lowest BCUT2D eigenvalue weighted by molar-refractivity contribution is 0.0434. The van der Waals surface area contributed by atoms with E-state index in [9.17, 15) is 4.79 Å². The number of amides is 1. The monoisotopic (exact) mass is 378 g/mol. The number of carbonyl (C=O) groups is 1. The zero-order valence-corrected chi connectivity index (χ0v) is 15.9. The Morgan fingerprint density at radius 2 is 2.07 bits per heavy atom. The topological polar surface area (TPSA) is 96.9 Å². The van der Waals surface area contributed by atoms with Crippen LogP contribution in [0.4, 0.5) is 0 Å². The fraction of sp³-hybridized carbons (Fsp3) is 0.350. The number of hydrogen-bond donors (Lipinski definition) is 1. The van der Waals surface area contributed by atoms with Gasteiger partial charge in [-0.15, -0.1) is 0 Å². The molecule has 1 fully saturated rings. The van der Waals surface area contributed by atoms with Crippen molar-refractivity contribution in [2.75, 3.05) is 6.54 Å². The first-order valence-corrected chi connectivity index (χ1v) is 9.24. The highest BCUT2D eigenvalue weighted by Crippen LogP contribution is 2.33. The molecule has 8 heteroatoms. The summed E-state index contributed by atoms with van der Waals surface area (Å²) in [5.41, 5.74) is 2.31. The normalized spacial score (nSPS) is 19.1. The van der Waals surface area contributed by atoms with Gasteiger partial charge in [0.1, 0.15) is 5.82 Å². The molecule has 1 aliphatic rings. The Kier molecular flexibility index (Phi) is 5.12. The summed E-state index contributed by atoms with van der Waals surface area (Å²) in [4.78, 5) is 27.3. The first kappa shape index (κ1) is 18.2. The number of hydrogen-bond acceptors (Lipinski definition) is 6. The Labute approximate surface area is 163 Å². The fourth-order valence-corrected chi connectivity index (χ4v) is 3.45. The van der Waals surface area contributed by atoms with E-state index in [4.69, 9.17) is 4.74 Å². The second-order valence-electron chi connectivity index (χ2n) is 6.98. The molecular formula is C20H22N6O2. The number of aromatic amines is 1. The molecule has 0 radical (unpaired) electrons. The van der Waals surface area contributed by atoms with Gasteiger partial charge in [0.15, 0.2) is 5.82 Å². The van der Waals surface area contributed by atoms with Crippen LogP contribution in [0.25, 0.3) is 0 Å². The van der Waals surface area contributed by atoms with Crippen molar-refractivity contribution in [1.82, 2.24) is 30.0 Å². The summed E-state index contributed by atoms with van der Waals surface area (Å²) in [6.45, 7) is 4.84. The third kappa shape index (κ3) is 3.91. The van der Waals surface area contributed by atoms with Crippen LogP contribution in [-0.2, 0) is 11.3 Å².